The number of ether oxygens (including phenoxy) is 1. The Morgan fingerprint density at radius 2 is 2.00 bits per heavy atom. The summed E-state index contributed by atoms with van der Waals surface area (Å²) in [7, 11) is 1.62. The zero-order valence-electron chi connectivity index (χ0n) is 10.6. The average molecular weight is 324 g/mol. The SMILES string of the molecule is COc1ccccc1CC(N)c1ccc(Br)cc1F. The molecule has 2 N–H and O–H groups in total. The van der Waals surface area contributed by atoms with Gasteiger partial charge in [0.1, 0.15) is 11.6 Å². The molecule has 2 aromatic rings. The number of methoxy groups -OCH3 is 1. The third kappa shape index (κ3) is 3.33. The molecule has 0 amide bonds. The Bertz CT molecular complexity index is 574. The summed E-state index contributed by atoms with van der Waals surface area (Å²) >= 11 is 3.23. The summed E-state index contributed by atoms with van der Waals surface area (Å²) in [6.45, 7) is 0. The van der Waals surface area contributed by atoms with Gasteiger partial charge < -0.3 is 10.5 Å². The third-order valence-corrected chi connectivity index (χ3v) is 3.49. The molecule has 1 atom stereocenters. The summed E-state index contributed by atoms with van der Waals surface area (Å²) < 4.78 is 19.8. The Morgan fingerprint density at radius 3 is 2.68 bits per heavy atom. The van der Waals surface area contributed by atoms with E-state index in [9.17, 15) is 4.39 Å². The van der Waals surface area contributed by atoms with Gasteiger partial charge in [-0.3, -0.25) is 0 Å². The predicted octanol–water partition coefficient (Wildman–Crippen LogP) is 3.84. The van der Waals surface area contributed by atoms with Gasteiger partial charge in [0.05, 0.1) is 7.11 Å². The quantitative estimate of drug-likeness (QED) is 0.927. The first-order valence-corrected chi connectivity index (χ1v) is 6.73. The topological polar surface area (TPSA) is 35.2 Å². The van der Waals surface area contributed by atoms with E-state index in [1.54, 1.807) is 19.2 Å². The minimum Gasteiger partial charge on any atom is -0.496 e. The molecule has 2 nitrogen and oxygen atoms in total. The lowest BCUT2D eigenvalue weighted by Gasteiger charge is -2.15. The molecule has 0 fully saturated rings. The van der Waals surface area contributed by atoms with Crippen molar-refractivity contribution in [3.05, 3.63) is 63.9 Å². The molecule has 0 aromatic heterocycles. The van der Waals surface area contributed by atoms with Crippen molar-refractivity contribution in [1.82, 2.24) is 0 Å². The second-order valence-electron chi connectivity index (χ2n) is 4.29. The Balaban J connectivity index is 2.23. The molecule has 0 aliphatic heterocycles. The number of benzene rings is 2. The lowest BCUT2D eigenvalue weighted by atomic mass is 9.99. The van der Waals surface area contributed by atoms with E-state index in [4.69, 9.17) is 10.5 Å². The third-order valence-electron chi connectivity index (χ3n) is 2.99. The lowest BCUT2D eigenvalue weighted by molar-refractivity contribution is 0.408. The fourth-order valence-corrected chi connectivity index (χ4v) is 2.35. The largest absolute Gasteiger partial charge is 0.496 e. The van der Waals surface area contributed by atoms with Gasteiger partial charge in [-0.05, 0) is 30.2 Å². The molecule has 2 aromatic carbocycles. The highest BCUT2D eigenvalue weighted by Crippen LogP contribution is 2.26. The van der Waals surface area contributed by atoms with Crippen molar-refractivity contribution in [3.8, 4) is 5.75 Å². The second-order valence-corrected chi connectivity index (χ2v) is 5.20. The van der Waals surface area contributed by atoms with E-state index in [0.717, 1.165) is 11.3 Å². The summed E-state index contributed by atoms with van der Waals surface area (Å²) in [5, 5.41) is 0. The molecule has 4 heteroatoms. The maximum Gasteiger partial charge on any atom is 0.129 e. The standard InChI is InChI=1S/C15H15BrFNO/c1-19-15-5-3-2-4-10(15)8-14(18)12-7-6-11(16)9-13(12)17/h2-7,9,14H,8,18H2,1H3. The minimum atomic E-state index is -0.399. The molecular formula is C15H15BrFNO. The Kier molecular flexibility index (Phi) is 4.56. The van der Waals surface area contributed by atoms with E-state index in [0.29, 0.717) is 16.5 Å². The highest BCUT2D eigenvalue weighted by atomic mass is 79.9. The molecule has 0 spiro atoms. The predicted molar refractivity (Wildman–Crippen MR) is 77.7 cm³/mol. The van der Waals surface area contributed by atoms with E-state index in [-0.39, 0.29) is 5.82 Å². The molecule has 0 heterocycles. The van der Waals surface area contributed by atoms with Crippen molar-refractivity contribution in [2.45, 2.75) is 12.5 Å². The van der Waals surface area contributed by atoms with Crippen molar-refractivity contribution in [2.75, 3.05) is 7.11 Å². The number of hydrogen-bond donors (Lipinski definition) is 1. The van der Waals surface area contributed by atoms with Crippen LogP contribution in [0.25, 0.3) is 0 Å². The van der Waals surface area contributed by atoms with Gasteiger partial charge in [0, 0.05) is 16.1 Å². The van der Waals surface area contributed by atoms with Crippen LogP contribution in [-0.2, 0) is 6.42 Å². The minimum absolute atomic E-state index is 0.295. The molecule has 2 rings (SSSR count). The number of para-hydroxylation sites is 1. The number of nitrogens with two attached hydrogens (primary N) is 1. The zero-order valence-corrected chi connectivity index (χ0v) is 12.2. The van der Waals surface area contributed by atoms with Gasteiger partial charge in [0.2, 0.25) is 0 Å². The van der Waals surface area contributed by atoms with Crippen molar-refractivity contribution >= 4 is 15.9 Å². The molecule has 0 aliphatic rings. The Labute approximate surface area is 120 Å². The summed E-state index contributed by atoms with van der Waals surface area (Å²) in [6, 6.07) is 12.2. The molecule has 0 saturated carbocycles. The number of hydrogen-bond acceptors (Lipinski definition) is 2. The summed E-state index contributed by atoms with van der Waals surface area (Å²) in [6.07, 6.45) is 0.530. The highest BCUT2D eigenvalue weighted by molar-refractivity contribution is 9.10. The van der Waals surface area contributed by atoms with Crippen LogP contribution in [0.15, 0.2) is 46.9 Å². The first-order chi connectivity index (χ1) is 9.11. The molecule has 0 aliphatic carbocycles. The van der Waals surface area contributed by atoms with Gasteiger partial charge in [0.15, 0.2) is 0 Å². The summed E-state index contributed by atoms with van der Waals surface area (Å²) in [4.78, 5) is 0. The van der Waals surface area contributed by atoms with E-state index in [1.807, 2.05) is 24.3 Å². The van der Waals surface area contributed by atoms with Crippen LogP contribution in [0, 0.1) is 5.82 Å². The van der Waals surface area contributed by atoms with Crippen LogP contribution in [0.1, 0.15) is 17.2 Å². The number of rotatable bonds is 4. The maximum absolute atomic E-state index is 13.8. The average Bonchev–Trinajstić information content (AvgIpc) is 2.39. The van der Waals surface area contributed by atoms with E-state index in [1.165, 1.54) is 6.07 Å². The number of halogens is 2. The molecule has 19 heavy (non-hydrogen) atoms. The second kappa shape index (κ2) is 6.17. The van der Waals surface area contributed by atoms with Crippen LogP contribution < -0.4 is 10.5 Å². The summed E-state index contributed by atoms with van der Waals surface area (Å²) in [5.74, 6) is 0.479. The molecular weight excluding hydrogens is 309 g/mol. The first-order valence-electron chi connectivity index (χ1n) is 5.94. The zero-order chi connectivity index (χ0) is 13.8. The van der Waals surface area contributed by atoms with Gasteiger partial charge in [0.25, 0.3) is 0 Å². The molecule has 0 bridgehead atoms. The van der Waals surface area contributed by atoms with Crippen LogP contribution in [0.3, 0.4) is 0 Å². The molecule has 0 radical (unpaired) electrons. The van der Waals surface area contributed by atoms with Gasteiger partial charge in [-0.25, -0.2) is 4.39 Å². The van der Waals surface area contributed by atoms with Crippen LogP contribution >= 0.6 is 15.9 Å². The molecule has 1 unspecified atom stereocenters. The maximum atomic E-state index is 13.8. The van der Waals surface area contributed by atoms with E-state index < -0.39 is 6.04 Å². The fraction of sp³-hybridized carbons (Fsp3) is 0.200. The van der Waals surface area contributed by atoms with E-state index >= 15 is 0 Å². The van der Waals surface area contributed by atoms with Gasteiger partial charge in [-0.15, -0.1) is 0 Å². The van der Waals surface area contributed by atoms with Crippen LogP contribution in [0.4, 0.5) is 4.39 Å². The van der Waals surface area contributed by atoms with E-state index in [2.05, 4.69) is 15.9 Å². The first kappa shape index (κ1) is 14.0. The normalized spacial score (nSPS) is 12.2. The molecule has 100 valence electrons. The van der Waals surface area contributed by atoms with Crippen molar-refractivity contribution in [2.24, 2.45) is 5.73 Å². The van der Waals surface area contributed by atoms with Crippen LogP contribution in [0.2, 0.25) is 0 Å². The van der Waals surface area contributed by atoms with Gasteiger partial charge in [-0.2, -0.15) is 0 Å². The van der Waals surface area contributed by atoms with Gasteiger partial charge >= 0.3 is 0 Å². The smallest absolute Gasteiger partial charge is 0.129 e. The van der Waals surface area contributed by atoms with Crippen LogP contribution in [-0.4, -0.2) is 7.11 Å². The van der Waals surface area contributed by atoms with Crippen molar-refractivity contribution in [3.63, 3.8) is 0 Å². The highest BCUT2D eigenvalue weighted by Gasteiger charge is 2.14. The monoisotopic (exact) mass is 323 g/mol. The molecule has 0 saturated heterocycles. The van der Waals surface area contributed by atoms with Crippen molar-refractivity contribution in [1.29, 1.82) is 0 Å². The van der Waals surface area contributed by atoms with Crippen LogP contribution in [0.5, 0.6) is 5.75 Å². The Hall–Kier alpha value is -1.39. The lowest BCUT2D eigenvalue weighted by Crippen LogP contribution is -2.15. The van der Waals surface area contributed by atoms with Crippen molar-refractivity contribution < 1.29 is 9.13 Å². The van der Waals surface area contributed by atoms with Gasteiger partial charge in [-0.1, -0.05) is 40.2 Å². The Morgan fingerprint density at radius 1 is 1.26 bits per heavy atom. The fourth-order valence-electron chi connectivity index (χ4n) is 2.02. The summed E-state index contributed by atoms with van der Waals surface area (Å²) in [5.41, 5.74) is 7.57.